The highest BCUT2D eigenvalue weighted by atomic mass is 19.2. The van der Waals surface area contributed by atoms with E-state index in [4.69, 9.17) is 4.74 Å². The molecule has 8 rings (SSSR count). The lowest BCUT2D eigenvalue weighted by Gasteiger charge is -2.33. The largest absolute Gasteiger partial charge is 0.508 e. The molecule has 2 aromatic carbocycles. The molecule has 5 heterocycles. The fraction of sp³-hybridized carbons (Fsp3) is 0.438. The Bertz CT molecular complexity index is 1840. The minimum atomic E-state index is -1.19. The first-order chi connectivity index (χ1) is 21.2. The van der Waals surface area contributed by atoms with Crippen LogP contribution in [0, 0.1) is 29.3 Å². The zero-order chi connectivity index (χ0) is 30.3. The van der Waals surface area contributed by atoms with E-state index in [1.807, 2.05) is 4.90 Å². The number of pyridine rings is 1. The van der Waals surface area contributed by atoms with E-state index in [2.05, 4.69) is 19.9 Å². The first-order valence-electron chi connectivity index (χ1n) is 15.0. The van der Waals surface area contributed by atoms with Gasteiger partial charge in [0, 0.05) is 55.0 Å². The molecular weight excluding hydrogens is 578 g/mol. The predicted octanol–water partition coefficient (Wildman–Crippen LogP) is 5.34. The second-order valence-electron chi connectivity index (χ2n) is 12.6. The van der Waals surface area contributed by atoms with Crippen molar-refractivity contribution in [1.29, 1.82) is 0 Å². The van der Waals surface area contributed by atoms with Crippen LogP contribution < -0.4 is 9.64 Å². The van der Waals surface area contributed by atoms with Crippen molar-refractivity contribution in [1.82, 2.24) is 19.9 Å². The molecule has 3 saturated heterocycles. The summed E-state index contributed by atoms with van der Waals surface area (Å²) in [7, 11) is 0. The summed E-state index contributed by atoms with van der Waals surface area (Å²) in [6, 6.07) is 4.52. The van der Waals surface area contributed by atoms with Crippen molar-refractivity contribution in [2.45, 2.75) is 43.8 Å². The maximum absolute atomic E-state index is 16.6. The fourth-order valence-electron chi connectivity index (χ4n) is 7.89. The minimum absolute atomic E-state index is 0.102. The molecule has 3 aliphatic heterocycles. The Morgan fingerprint density at radius 1 is 1.05 bits per heavy atom. The molecule has 2 bridgehead atoms. The van der Waals surface area contributed by atoms with E-state index in [0.717, 1.165) is 44.4 Å². The van der Waals surface area contributed by atoms with Crippen molar-refractivity contribution in [3.8, 4) is 23.0 Å². The van der Waals surface area contributed by atoms with Crippen LogP contribution >= 0.6 is 0 Å². The number of carbonyl (C=O) groups excluding carboxylic acids is 1. The number of alkyl halides is 1. The molecule has 1 saturated carbocycles. The minimum Gasteiger partial charge on any atom is -0.508 e. The van der Waals surface area contributed by atoms with Crippen molar-refractivity contribution in [3.05, 3.63) is 47.9 Å². The van der Waals surface area contributed by atoms with E-state index in [9.17, 15) is 18.7 Å². The maximum atomic E-state index is 16.6. The molecule has 44 heavy (non-hydrogen) atoms. The molecule has 8 nitrogen and oxygen atoms in total. The zero-order valence-electron chi connectivity index (χ0n) is 23.7. The maximum Gasteiger partial charge on any atom is 0.319 e. The molecule has 4 fully saturated rings. The number of benzene rings is 2. The number of anilines is 1. The number of Topliss-reactive ketones (excluding diaryl/α,β-unsaturated/α-hetero) is 1. The van der Waals surface area contributed by atoms with Gasteiger partial charge in [0.25, 0.3) is 0 Å². The van der Waals surface area contributed by atoms with E-state index in [1.165, 1.54) is 18.3 Å². The second-order valence-corrected chi connectivity index (χ2v) is 12.6. The van der Waals surface area contributed by atoms with Crippen LogP contribution in [-0.4, -0.2) is 75.2 Å². The molecule has 0 amide bonds. The monoisotopic (exact) mass is 607 g/mol. The SMILES string of the molecule is O=C1C2CCC1CN(c1nc(OC[C@@]34CCCN3C[C@H](F)C4)nc3c(F)c(-c4cc(O)cc5ccc(F)c(F)c45)ncc13)C2. The second kappa shape index (κ2) is 9.98. The van der Waals surface area contributed by atoms with Gasteiger partial charge in [-0.15, -0.1) is 0 Å². The average molecular weight is 608 g/mol. The summed E-state index contributed by atoms with van der Waals surface area (Å²) < 4.78 is 66.5. The molecule has 228 valence electrons. The van der Waals surface area contributed by atoms with E-state index in [1.54, 1.807) is 0 Å². The van der Waals surface area contributed by atoms with Gasteiger partial charge in [-0.3, -0.25) is 14.7 Å². The Morgan fingerprint density at radius 2 is 1.84 bits per heavy atom. The molecule has 2 unspecified atom stereocenters. The molecule has 4 atom stereocenters. The standard InChI is InChI=1S/C32H29F4N5O3/c33-19-10-32(6-1-7-41(32)14-19)15-44-31-38-28-22(30(39-31)40-12-17-2-3-18(13-40)29(17)43)11-37-27(26(28)36)21-9-20(42)8-16-4-5-23(34)25(35)24(16)21/h4-5,8-9,11,17-19,42H,1-3,6-7,10,12-15H2/t17?,18?,19-,32+/m1/s1. The Hall–Kier alpha value is -4.06. The third kappa shape index (κ3) is 4.21. The Morgan fingerprint density at radius 3 is 2.64 bits per heavy atom. The topological polar surface area (TPSA) is 91.7 Å². The van der Waals surface area contributed by atoms with E-state index >= 15 is 8.78 Å². The molecule has 4 aliphatic rings. The number of carbonyl (C=O) groups is 1. The number of piperidine rings is 1. The first-order valence-corrected chi connectivity index (χ1v) is 15.0. The third-order valence-corrected chi connectivity index (χ3v) is 9.97. The number of halogens is 4. The van der Waals surface area contributed by atoms with Gasteiger partial charge in [-0.05, 0) is 55.8 Å². The molecule has 1 N–H and O–H groups in total. The summed E-state index contributed by atoms with van der Waals surface area (Å²) in [5, 5.41) is 10.6. The number of ketones is 1. The van der Waals surface area contributed by atoms with Crippen LogP contribution in [-0.2, 0) is 4.79 Å². The molecular formula is C32H29F4N5O3. The molecule has 2 aromatic heterocycles. The summed E-state index contributed by atoms with van der Waals surface area (Å²) in [6.45, 7) is 2.07. The number of phenols is 1. The number of phenolic OH excluding ortho intramolecular Hbond substituents is 1. The molecule has 1 aliphatic carbocycles. The summed E-state index contributed by atoms with van der Waals surface area (Å²) in [5.41, 5.74) is -1.10. The van der Waals surface area contributed by atoms with Crippen LogP contribution in [0.2, 0.25) is 0 Å². The number of aromatic hydroxyl groups is 1. The molecule has 0 spiro atoms. The lowest BCUT2D eigenvalue weighted by Crippen LogP contribution is -2.44. The number of nitrogens with zero attached hydrogens (tertiary/aromatic N) is 5. The highest BCUT2D eigenvalue weighted by molar-refractivity contribution is 6.00. The smallest absolute Gasteiger partial charge is 0.319 e. The number of aromatic nitrogens is 3. The van der Waals surface area contributed by atoms with Crippen LogP contribution in [0.5, 0.6) is 11.8 Å². The molecule has 4 aromatic rings. The Balaban J connectivity index is 1.27. The van der Waals surface area contributed by atoms with Crippen molar-refractivity contribution >= 4 is 33.3 Å². The van der Waals surface area contributed by atoms with Gasteiger partial charge in [0.2, 0.25) is 0 Å². The zero-order valence-corrected chi connectivity index (χ0v) is 23.7. The molecule has 0 radical (unpaired) electrons. The van der Waals surface area contributed by atoms with Crippen molar-refractivity contribution in [2.24, 2.45) is 11.8 Å². The van der Waals surface area contributed by atoms with Gasteiger partial charge < -0.3 is 14.7 Å². The van der Waals surface area contributed by atoms with Crippen LogP contribution in [0.25, 0.3) is 32.9 Å². The number of hydrogen-bond acceptors (Lipinski definition) is 8. The average Bonchev–Trinajstić information content (AvgIpc) is 3.58. The molecule has 12 heteroatoms. The van der Waals surface area contributed by atoms with Crippen LogP contribution in [0.3, 0.4) is 0 Å². The Kier molecular flexibility index (Phi) is 6.23. The summed E-state index contributed by atoms with van der Waals surface area (Å²) in [5.74, 6) is -3.22. The first kappa shape index (κ1) is 27.5. The lowest BCUT2D eigenvalue weighted by atomic mass is 9.95. The van der Waals surface area contributed by atoms with Gasteiger partial charge in [0.15, 0.2) is 17.5 Å². The number of rotatable bonds is 5. The number of fused-ring (bicyclic) bond motifs is 5. The highest BCUT2D eigenvalue weighted by Crippen LogP contribution is 2.43. The van der Waals surface area contributed by atoms with Gasteiger partial charge in [0.1, 0.15) is 41.3 Å². The van der Waals surface area contributed by atoms with Gasteiger partial charge >= 0.3 is 6.01 Å². The van der Waals surface area contributed by atoms with Gasteiger partial charge in [-0.25, -0.2) is 17.6 Å². The van der Waals surface area contributed by atoms with Gasteiger partial charge in [0.05, 0.1) is 10.9 Å². The number of ether oxygens (including phenoxy) is 1. The van der Waals surface area contributed by atoms with Crippen LogP contribution in [0.4, 0.5) is 23.4 Å². The van der Waals surface area contributed by atoms with Crippen LogP contribution in [0.15, 0.2) is 30.5 Å². The van der Waals surface area contributed by atoms with Crippen LogP contribution in [0.1, 0.15) is 32.1 Å². The summed E-state index contributed by atoms with van der Waals surface area (Å²) in [4.78, 5) is 30.1. The summed E-state index contributed by atoms with van der Waals surface area (Å²) >= 11 is 0. The highest BCUT2D eigenvalue weighted by Gasteiger charge is 2.49. The normalized spacial score (nSPS) is 26.7. The number of hydrogen-bond donors (Lipinski definition) is 1. The quantitative estimate of drug-likeness (QED) is 0.304. The van der Waals surface area contributed by atoms with E-state index in [-0.39, 0.29) is 68.9 Å². The van der Waals surface area contributed by atoms with Gasteiger partial charge in [-0.2, -0.15) is 9.97 Å². The van der Waals surface area contributed by atoms with Crippen molar-refractivity contribution in [3.63, 3.8) is 0 Å². The fourth-order valence-corrected chi connectivity index (χ4v) is 7.89. The predicted molar refractivity (Wildman–Crippen MR) is 154 cm³/mol. The lowest BCUT2D eigenvalue weighted by molar-refractivity contribution is -0.124. The van der Waals surface area contributed by atoms with Crippen molar-refractivity contribution in [2.75, 3.05) is 37.7 Å². The summed E-state index contributed by atoms with van der Waals surface area (Å²) in [6.07, 6.45) is 3.99. The van der Waals surface area contributed by atoms with Crippen molar-refractivity contribution < 1.29 is 32.2 Å². The third-order valence-electron chi connectivity index (χ3n) is 9.97. The van der Waals surface area contributed by atoms with Gasteiger partial charge in [-0.1, -0.05) is 6.07 Å². The Labute approximate surface area is 249 Å². The van der Waals surface area contributed by atoms with E-state index < -0.39 is 29.2 Å². The van der Waals surface area contributed by atoms with E-state index in [0.29, 0.717) is 31.9 Å².